The van der Waals surface area contributed by atoms with Gasteiger partial charge in [0.25, 0.3) is 0 Å². The highest BCUT2D eigenvalue weighted by atomic mass is 35.5. The van der Waals surface area contributed by atoms with Crippen LogP contribution in [0.2, 0.25) is 20.5 Å². The number of nitrogens with zero attached hydrogens (tertiary/aromatic N) is 3. The number of phenolic OH excluding ortho intramolecular Hbond substituents is 1. The molecule has 11 rings (SSSR count). The normalized spacial score (nSPS) is 10.2. The van der Waals surface area contributed by atoms with Crippen molar-refractivity contribution >= 4 is 101 Å². The zero-order valence-corrected chi connectivity index (χ0v) is 67.8. The maximum absolute atomic E-state index is 10.9. The Hall–Kier alpha value is -10.2. The summed E-state index contributed by atoms with van der Waals surface area (Å²) in [4.78, 5) is 44.6. The molecule has 10 aromatic rings. The first-order valence-corrected chi connectivity index (χ1v) is 37.3. The van der Waals surface area contributed by atoms with Gasteiger partial charge in [-0.15, -0.1) is 0 Å². The van der Waals surface area contributed by atoms with E-state index in [9.17, 15) is 31.2 Å². The van der Waals surface area contributed by atoms with Gasteiger partial charge >= 0.3 is 12.1 Å². The van der Waals surface area contributed by atoms with Crippen molar-refractivity contribution in [2.45, 2.75) is 92.9 Å². The Kier molecular flexibility index (Phi) is 41.8. The topological polar surface area (TPSA) is 308 Å². The van der Waals surface area contributed by atoms with Gasteiger partial charge in [0.2, 0.25) is 40.4 Å². The van der Waals surface area contributed by atoms with Crippen LogP contribution in [0.4, 0.5) is 26.7 Å². The van der Waals surface area contributed by atoms with Crippen molar-refractivity contribution in [3.63, 3.8) is 0 Å². The molecule has 7 N–H and O–H groups in total. The third kappa shape index (κ3) is 38.1. The van der Waals surface area contributed by atoms with Crippen LogP contribution in [0.15, 0.2) is 198 Å². The number of aryl methyl sites for hydroxylation is 10. The minimum atomic E-state index is -3.52. The third-order valence-corrected chi connectivity index (χ3v) is 17.4. The first kappa shape index (κ1) is 92.9. The van der Waals surface area contributed by atoms with Gasteiger partial charge in [0.1, 0.15) is 21.2 Å². The molecule has 1 aliphatic rings. The molecule has 0 atom stereocenters. The fourth-order valence-corrected chi connectivity index (χ4v) is 9.62. The summed E-state index contributed by atoms with van der Waals surface area (Å²) in [5.41, 5.74) is 13.9. The molecule has 1 aliphatic heterocycles. The number of methoxy groups -OCH3 is 4. The van der Waals surface area contributed by atoms with E-state index < -0.39 is 26.0 Å². The number of carbonyl (C=O) groups excluding carboxylic acids is 3. The number of halogens is 4. The molecular formula is C79H94Cl4N8O14S2. The van der Waals surface area contributed by atoms with Gasteiger partial charge in [0.05, 0.1) is 48.9 Å². The van der Waals surface area contributed by atoms with Crippen LogP contribution in [0, 0.1) is 76.2 Å². The van der Waals surface area contributed by atoms with Crippen LogP contribution in [0.3, 0.4) is 0 Å². The zero-order valence-electron chi connectivity index (χ0n) is 63.1. The number of benzene rings is 7. The van der Waals surface area contributed by atoms with Crippen molar-refractivity contribution in [2.24, 2.45) is 5.14 Å². The number of sulfonamides is 1. The fraction of sp³-hybridized carbons (Fsp3) is 0.241. The van der Waals surface area contributed by atoms with E-state index in [4.69, 9.17) is 80.3 Å². The first-order chi connectivity index (χ1) is 50.3. The number of sulfone groups is 1. The van der Waals surface area contributed by atoms with Gasteiger partial charge in [-0.2, -0.15) is 4.98 Å². The molecule has 0 fully saturated rings. The van der Waals surface area contributed by atoms with Crippen LogP contribution < -0.4 is 50.1 Å². The second-order valence-corrected chi connectivity index (χ2v) is 28.2. The molecule has 0 spiro atoms. The monoisotopic (exact) mass is 1580 g/mol. The van der Waals surface area contributed by atoms with Crippen LogP contribution >= 0.6 is 46.4 Å². The molecule has 7 aromatic carbocycles. The number of amides is 4. The molecule has 28 heteroatoms. The number of pyridine rings is 3. The number of primary sulfonamides is 1. The molecule has 0 unspecified atom stereocenters. The van der Waals surface area contributed by atoms with E-state index in [0.29, 0.717) is 61.2 Å². The molecule has 107 heavy (non-hydrogen) atoms. The molecule has 0 radical (unpaired) electrons. The summed E-state index contributed by atoms with van der Waals surface area (Å²) in [7, 11) is 1.12. The minimum Gasteiger partial charge on any atom is -0.508 e. The summed E-state index contributed by atoms with van der Waals surface area (Å²) in [6.07, 6.45) is 0.761. The van der Waals surface area contributed by atoms with E-state index in [1.54, 1.807) is 95.1 Å². The fourth-order valence-electron chi connectivity index (χ4n) is 7.70. The summed E-state index contributed by atoms with van der Waals surface area (Å²) in [6.45, 7) is 23.2. The van der Waals surface area contributed by atoms with Crippen molar-refractivity contribution in [2.75, 3.05) is 64.5 Å². The molecule has 4 amide bonds. The number of rotatable bonds is 8. The predicted octanol–water partition coefficient (Wildman–Crippen LogP) is 18.5. The average Bonchev–Trinajstić information content (AvgIpc) is 1.65. The SMILES string of the molecule is CC(=O)Nc1ccc(C)cc1Cl.CNC(=O)Nc1ccc(C)cc1.COC(=O)Nc1ccc(C)cc1.COc1ccc(C)c(Cl)n1.COc1ccc(C)c(OC)n1.Cc1ccc(Cl)nc1Cl.Cc1ccc(S(C)(=O)=O)cc1.Cc1ccc(S(N)(=O)=O)cc1.Cc1ccc2c(c1)OCO2.Cc1cccc(O)c1C. The zero-order chi connectivity index (χ0) is 80.6. The van der Waals surface area contributed by atoms with Crippen LogP contribution in [-0.2, 0) is 29.4 Å². The number of hydrogen-bond donors (Lipinski definition) is 6. The van der Waals surface area contributed by atoms with Gasteiger partial charge in [-0.25, -0.2) is 41.5 Å². The molecule has 0 aliphatic carbocycles. The van der Waals surface area contributed by atoms with Crippen molar-refractivity contribution in [3.8, 4) is 34.9 Å². The van der Waals surface area contributed by atoms with E-state index in [0.717, 1.165) is 72.9 Å². The van der Waals surface area contributed by atoms with Gasteiger partial charge in [-0.3, -0.25) is 10.1 Å². The quantitative estimate of drug-likeness (QED) is 0.0770. The molecule has 0 bridgehead atoms. The molecule has 0 saturated carbocycles. The van der Waals surface area contributed by atoms with Crippen LogP contribution in [0.1, 0.15) is 68.1 Å². The minimum absolute atomic E-state index is 0.110. The number of aromatic nitrogens is 3. The summed E-state index contributed by atoms with van der Waals surface area (Å²) in [5, 5.41) is 26.3. The largest absolute Gasteiger partial charge is 0.508 e. The van der Waals surface area contributed by atoms with Crippen LogP contribution in [0.5, 0.6) is 34.9 Å². The maximum atomic E-state index is 10.9. The summed E-state index contributed by atoms with van der Waals surface area (Å²) in [5.74, 6) is 3.73. The summed E-state index contributed by atoms with van der Waals surface area (Å²) in [6, 6.07) is 56.0. The number of ether oxygens (including phenoxy) is 6. The molecule has 574 valence electrons. The summed E-state index contributed by atoms with van der Waals surface area (Å²) < 4.78 is 72.8. The number of aromatic hydroxyl groups is 1. The molecule has 3 aromatic heterocycles. The number of hydrogen-bond acceptors (Lipinski definition) is 17. The number of urea groups is 1. The number of phenols is 1. The maximum Gasteiger partial charge on any atom is 0.411 e. The lowest BCUT2D eigenvalue weighted by Gasteiger charge is -2.04. The Morgan fingerprint density at radius 3 is 1.36 bits per heavy atom. The second-order valence-electron chi connectivity index (χ2n) is 23.1. The Bertz CT molecular complexity index is 4510. The molecule has 4 heterocycles. The Morgan fingerprint density at radius 1 is 0.486 bits per heavy atom. The number of fused-ring (bicyclic) bond motifs is 1. The van der Waals surface area contributed by atoms with Crippen LogP contribution in [-0.4, -0.2) is 103 Å². The Labute approximate surface area is 649 Å². The number of nitrogens with one attached hydrogen (secondary N) is 4. The van der Waals surface area contributed by atoms with Gasteiger partial charge in [0, 0.05) is 49.3 Å². The molecular weight excluding hydrogens is 1490 g/mol. The van der Waals surface area contributed by atoms with E-state index >= 15 is 0 Å². The van der Waals surface area contributed by atoms with E-state index in [2.05, 4.69) is 41.0 Å². The average molecular weight is 1590 g/mol. The van der Waals surface area contributed by atoms with Crippen LogP contribution in [0.25, 0.3) is 0 Å². The van der Waals surface area contributed by atoms with Crippen molar-refractivity contribution in [1.82, 2.24) is 20.3 Å². The lowest BCUT2D eigenvalue weighted by atomic mass is 10.1. The van der Waals surface area contributed by atoms with E-state index in [1.165, 1.54) is 43.5 Å². The van der Waals surface area contributed by atoms with Gasteiger partial charge in [0.15, 0.2) is 21.3 Å². The van der Waals surface area contributed by atoms with Gasteiger partial charge in [-0.05, 0) is 201 Å². The molecule has 22 nitrogen and oxygen atoms in total. The van der Waals surface area contributed by atoms with Crippen molar-refractivity contribution in [3.05, 3.63) is 270 Å². The molecule has 0 saturated heterocycles. The van der Waals surface area contributed by atoms with E-state index in [-0.39, 0.29) is 16.8 Å². The van der Waals surface area contributed by atoms with Crippen molar-refractivity contribution < 1.29 is 64.7 Å². The Morgan fingerprint density at radius 2 is 0.935 bits per heavy atom. The second kappa shape index (κ2) is 48.1. The highest BCUT2D eigenvalue weighted by Crippen LogP contribution is 2.32. The highest BCUT2D eigenvalue weighted by molar-refractivity contribution is 7.90. The summed E-state index contributed by atoms with van der Waals surface area (Å²) >= 11 is 22.7. The van der Waals surface area contributed by atoms with E-state index in [1.807, 2.05) is 185 Å². The number of nitrogens with two attached hydrogens (primary N) is 1. The van der Waals surface area contributed by atoms with Gasteiger partial charge < -0.3 is 49.5 Å². The smallest absolute Gasteiger partial charge is 0.411 e. The predicted molar refractivity (Wildman–Crippen MR) is 430 cm³/mol. The first-order valence-electron chi connectivity index (χ1n) is 32.3. The third-order valence-electron chi connectivity index (χ3n) is 14.0. The number of anilines is 3. The van der Waals surface area contributed by atoms with Crippen molar-refractivity contribution in [1.29, 1.82) is 0 Å². The standard InChI is InChI=1S/C9H10ClNO.C9H12N2O.C9H11NO2.C8H11NO2.C8H10O2S.C8H8O2.C8H10O.C7H8ClNO.C7H9NO2S.C6H5Cl2N/c1-6-3-4-9(8(10)5-6)11-7(2)12;1-7-3-5-8(6-4-7)11-9(12)10-2;1-7-3-5-8(6-4-7)10-9(11)12-2;1-6-4-5-7(10-2)9-8(6)11-3;1-7-3-5-8(6-4-7)11(2,9)10;1-6-2-3-7-8(4-6)10-5-9-7;1-6-4-3-5-8(9)7(6)2;1-5-3-4-6(10-2)9-7(5)8;1-6-2-4-7(5-3-6)11(8,9)10;1-4-2-3-5(7)9-6(4)8/h3-5H,1-2H3,(H,11,12);3-6H,1-2H3,(H2,10,11,12);3-6H,1-2H3,(H,10,11);4-5H,1-3H3;3-6H,1-2H3;2-4H,5H2,1H3;3-5,9H,1-2H3;3-4H,1-2H3;2-5H,1H3,(H2,8,9,10);2-3H,1H3. The van der Waals surface area contributed by atoms with Gasteiger partial charge in [-0.1, -0.05) is 154 Å². The highest BCUT2D eigenvalue weighted by Gasteiger charge is 2.12. The lowest BCUT2D eigenvalue weighted by Crippen LogP contribution is -2.24. The number of carbonyl (C=O) groups is 3. The lowest BCUT2D eigenvalue weighted by molar-refractivity contribution is -0.114. The Balaban J connectivity index is 0.000000404.